The van der Waals surface area contributed by atoms with Crippen molar-refractivity contribution in [3.05, 3.63) is 46.5 Å². The van der Waals surface area contributed by atoms with Crippen LogP contribution in [-0.4, -0.2) is 44.2 Å². The topological polar surface area (TPSA) is 59.5 Å². The van der Waals surface area contributed by atoms with Gasteiger partial charge in [-0.25, -0.2) is 4.98 Å². The molecule has 1 atom stereocenters. The van der Waals surface area contributed by atoms with Crippen molar-refractivity contribution < 1.29 is 12.6 Å². The molecule has 2 heterocycles. The lowest BCUT2D eigenvalue weighted by Crippen LogP contribution is -2.41. The van der Waals surface area contributed by atoms with Gasteiger partial charge in [-0.2, -0.15) is 8.42 Å². The number of thiazole rings is 1. The van der Waals surface area contributed by atoms with E-state index in [1.807, 2.05) is 49.3 Å². The van der Waals surface area contributed by atoms with Crippen molar-refractivity contribution in [1.29, 1.82) is 0 Å². The van der Waals surface area contributed by atoms with Gasteiger partial charge in [0.05, 0.1) is 16.6 Å². The van der Waals surface area contributed by atoms with Crippen LogP contribution < -0.4 is 0 Å². The van der Waals surface area contributed by atoms with E-state index < -0.39 is 10.1 Å². The van der Waals surface area contributed by atoms with Crippen molar-refractivity contribution in [1.82, 2.24) is 9.88 Å². The average molecular weight is 362 g/mol. The maximum Gasteiger partial charge on any atom is 0.311 e. The van der Waals surface area contributed by atoms with E-state index in [1.165, 1.54) is 11.3 Å². The van der Waals surface area contributed by atoms with Crippen LogP contribution in [-0.2, 0) is 20.7 Å². The number of rotatable bonds is 2. The predicted molar refractivity (Wildman–Crippen MR) is 95.1 cm³/mol. The zero-order valence-corrected chi connectivity index (χ0v) is 15.2. The summed E-state index contributed by atoms with van der Waals surface area (Å²) < 4.78 is 29.8. The number of aromatic nitrogens is 1. The highest BCUT2D eigenvalue weighted by Gasteiger charge is 2.39. The molecule has 4 rings (SSSR count). The first-order valence-corrected chi connectivity index (χ1v) is 10.2. The Morgan fingerprint density at radius 1 is 1.21 bits per heavy atom. The molecule has 1 aliphatic heterocycles. The standard InChI is InChI=1S/C17H18N2O3S2/c1-19(2)14-10-24(20,21)22-15-12(14)8-9-13-16(15)23-17(18-13)11-6-4-3-5-7-11/h3-7,14H,8-10H2,1-2H3. The first-order valence-electron chi connectivity index (χ1n) is 7.82. The maximum atomic E-state index is 12.2. The smallest absolute Gasteiger partial charge is 0.311 e. The molecule has 0 saturated carbocycles. The molecular formula is C17H18N2O3S2. The molecule has 0 radical (unpaired) electrons. The molecule has 7 heteroatoms. The van der Waals surface area contributed by atoms with Crippen LogP contribution in [0.15, 0.2) is 35.9 Å². The van der Waals surface area contributed by atoms with Gasteiger partial charge in [0.2, 0.25) is 0 Å². The van der Waals surface area contributed by atoms with Gasteiger partial charge in [-0.05, 0) is 32.5 Å². The van der Waals surface area contributed by atoms with Crippen molar-refractivity contribution in [3.63, 3.8) is 0 Å². The van der Waals surface area contributed by atoms with E-state index in [1.54, 1.807) is 0 Å². The number of likely N-dealkylation sites (N-methyl/N-ethyl adjacent to an activating group) is 1. The lowest BCUT2D eigenvalue weighted by Gasteiger charge is -2.34. The molecule has 2 aromatic rings. The van der Waals surface area contributed by atoms with Gasteiger partial charge in [0.15, 0.2) is 5.76 Å². The molecule has 0 saturated heterocycles. The third kappa shape index (κ3) is 2.66. The third-order valence-electron chi connectivity index (χ3n) is 4.44. The van der Waals surface area contributed by atoms with E-state index in [2.05, 4.69) is 0 Å². The van der Waals surface area contributed by atoms with E-state index in [9.17, 15) is 8.42 Å². The van der Waals surface area contributed by atoms with Crippen molar-refractivity contribution >= 4 is 27.2 Å². The molecular weight excluding hydrogens is 344 g/mol. The first kappa shape index (κ1) is 15.8. The summed E-state index contributed by atoms with van der Waals surface area (Å²) in [5.41, 5.74) is 3.06. The van der Waals surface area contributed by atoms with Crippen LogP contribution in [0.25, 0.3) is 16.3 Å². The zero-order valence-electron chi connectivity index (χ0n) is 13.5. The first-order chi connectivity index (χ1) is 11.4. The van der Waals surface area contributed by atoms with Crippen molar-refractivity contribution in [3.8, 4) is 10.6 Å². The minimum Gasteiger partial charge on any atom is -0.381 e. The summed E-state index contributed by atoms with van der Waals surface area (Å²) in [6.07, 6.45) is 1.61. The summed E-state index contributed by atoms with van der Waals surface area (Å²) in [4.78, 5) is 7.55. The van der Waals surface area contributed by atoms with Gasteiger partial charge >= 0.3 is 10.1 Å². The van der Waals surface area contributed by atoms with E-state index in [4.69, 9.17) is 9.17 Å². The summed E-state index contributed by atoms with van der Waals surface area (Å²) in [5, 5.41) is 0.905. The lowest BCUT2D eigenvalue weighted by molar-refractivity contribution is 0.319. The molecule has 1 aromatic heterocycles. The lowest BCUT2D eigenvalue weighted by atomic mass is 9.94. The zero-order chi connectivity index (χ0) is 16.9. The summed E-state index contributed by atoms with van der Waals surface area (Å²) in [5.74, 6) is 0.527. The van der Waals surface area contributed by atoms with Crippen molar-refractivity contribution in [2.24, 2.45) is 0 Å². The molecule has 0 fully saturated rings. The Balaban J connectivity index is 1.84. The minimum absolute atomic E-state index is 0.0124. The molecule has 126 valence electrons. The van der Waals surface area contributed by atoms with Gasteiger partial charge in [-0.1, -0.05) is 30.3 Å². The fraction of sp³-hybridized carbons (Fsp3) is 0.353. The van der Waals surface area contributed by atoms with Gasteiger partial charge < -0.3 is 9.08 Å². The number of nitrogens with zero attached hydrogens (tertiary/aromatic N) is 2. The molecule has 1 aliphatic carbocycles. The van der Waals surface area contributed by atoms with E-state index in [0.717, 1.165) is 39.6 Å². The molecule has 1 aromatic carbocycles. The van der Waals surface area contributed by atoms with Gasteiger partial charge in [-0.15, -0.1) is 11.3 Å². The van der Waals surface area contributed by atoms with Gasteiger partial charge in [-0.3, -0.25) is 0 Å². The summed E-state index contributed by atoms with van der Waals surface area (Å²) in [6.45, 7) is 0. The second-order valence-electron chi connectivity index (χ2n) is 6.30. The molecule has 0 spiro atoms. The van der Waals surface area contributed by atoms with Crippen molar-refractivity contribution in [2.45, 2.75) is 18.9 Å². The molecule has 1 unspecified atom stereocenters. The normalized spacial score (nSPS) is 22.0. The van der Waals surface area contributed by atoms with Crippen LogP contribution in [0.1, 0.15) is 17.0 Å². The van der Waals surface area contributed by atoms with Crippen LogP contribution in [0.3, 0.4) is 0 Å². The molecule has 0 amide bonds. The number of hydrogen-bond donors (Lipinski definition) is 0. The third-order valence-corrected chi connectivity index (χ3v) is 6.74. The summed E-state index contributed by atoms with van der Waals surface area (Å²) >= 11 is 1.51. The highest BCUT2D eigenvalue weighted by Crippen LogP contribution is 2.43. The predicted octanol–water partition coefficient (Wildman–Crippen LogP) is 2.76. The fourth-order valence-electron chi connectivity index (χ4n) is 3.24. The highest BCUT2D eigenvalue weighted by molar-refractivity contribution is 7.87. The Morgan fingerprint density at radius 2 is 1.96 bits per heavy atom. The SMILES string of the molecule is CN(C)C1CS(=O)(=O)OC2=C1CCc1nc(-c3ccccc3)sc12. The number of hydrogen-bond acceptors (Lipinski definition) is 6. The maximum absolute atomic E-state index is 12.2. The Morgan fingerprint density at radius 3 is 2.67 bits per heavy atom. The average Bonchev–Trinajstić information content (AvgIpc) is 2.99. The van der Waals surface area contributed by atoms with E-state index in [-0.39, 0.29) is 11.8 Å². The number of fused-ring (bicyclic) bond motifs is 2. The Labute approximate surface area is 145 Å². The van der Waals surface area contributed by atoms with Crippen LogP contribution in [0.4, 0.5) is 0 Å². The van der Waals surface area contributed by atoms with E-state index >= 15 is 0 Å². The van der Waals surface area contributed by atoms with Gasteiger partial charge in [0, 0.05) is 5.56 Å². The molecule has 0 N–H and O–H groups in total. The molecule has 2 aliphatic rings. The Kier molecular flexibility index (Phi) is 3.74. The quantitative estimate of drug-likeness (QED) is 0.769. The number of aryl methyl sites for hydroxylation is 1. The van der Waals surface area contributed by atoms with Crippen LogP contribution >= 0.6 is 11.3 Å². The van der Waals surface area contributed by atoms with Gasteiger partial charge in [0.1, 0.15) is 10.8 Å². The van der Waals surface area contributed by atoms with Crippen molar-refractivity contribution in [2.75, 3.05) is 19.8 Å². The molecule has 0 bridgehead atoms. The Hall–Kier alpha value is -1.70. The summed E-state index contributed by atoms with van der Waals surface area (Å²) in [7, 11) is 0.255. The Bertz CT molecular complexity index is 915. The molecule has 24 heavy (non-hydrogen) atoms. The fourth-order valence-corrected chi connectivity index (χ4v) is 5.83. The molecule has 5 nitrogen and oxygen atoms in total. The van der Waals surface area contributed by atoms with Crippen LogP contribution in [0, 0.1) is 0 Å². The number of benzene rings is 1. The largest absolute Gasteiger partial charge is 0.381 e. The second-order valence-corrected chi connectivity index (χ2v) is 8.92. The van der Waals surface area contributed by atoms with E-state index in [0.29, 0.717) is 5.76 Å². The monoisotopic (exact) mass is 362 g/mol. The van der Waals surface area contributed by atoms with Crippen LogP contribution in [0.5, 0.6) is 0 Å². The summed E-state index contributed by atoms with van der Waals surface area (Å²) in [6, 6.07) is 9.82. The second kappa shape index (κ2) is 5.68. The highest BCUT2D eigenvalue weighted by atomic mass is 32.2. The van der Waals surface area contributed by atoms with Gasteiger partial charge in [0.25, 0.3) is 0 Å². The van der Waals surface area contributed by atoms with Crippen LogP contribution in [0.2, 0.25) is 0 Å². The minimum atomic E-state index is -3.57.